The molecule has 1 fully saturated rings. The zero-order valence-corrected chi connectivity index (χ0v) is 13.1. The van der Waals surface area contributed by atoms with Crippen LogP contribution >= 0.6 is 0 Å². The molecule has 3 unspecified atom stereocenters. The van der Waals surface area contributed by atoms with Crippen LogP contribution in [0.15, 0.2) is 0 Å². The predicted octanol–water partition coefficient (Wildman–Crippen LogP) is 3.23. The summed E-state index contributed by atoms with van der Waals surface area (Å²) in [5, 5.41) is 2.81. The van der Waals surface area contributed by atoms with Crippen molar-refractivity contribution in [1.82, 2.24) is 5.32 Å². The van der Waals surface area contributed by atoms with Gasteiger partial charge < -0.3 is 11.1 Å². The van der Waals surface area contributed by atoms with Crippen LogP contribution < -0.4 is 11.1 Å². The lowest BCUT2D eigenvalue weighted by molar-refractivity contribution is -0.198. The molecule has 1 saturated carbocycles. The molecule has 0 spiro atoms. The highest BCUT2D eigenvalue weighted by Crippen LogP contribution is 2.41. The maximum Gasteiger partial charge on any atom is 0.392 e. The van der Waals surface area contributed by atoms with E-state index in [0.717, 1.165) is 0 Å². The molecule has 1 aliphatic carbocycles. The molecule has 0 aromatic rings. The van der Waals surface area contributed by atoms with E-state index in [0.29, 0.717) is 32.2 Å². The summed E-state index contributed by atoms with van der Waals surface area (Å²) in [6, 6.07) is -0.203. The first kappa shape index (κ1) is 18.3. The van der Waals surface area contributed by atoms with Crippen LogP contribution in [0.4, 0.5) is 13.2 Å². The largest absolute Gasteiger partial charge is 0.392 e. The fraction of sp³-hybridized carbons (Fsp3) is 0.933. The third-order valence-electron chi connectivity index (χ3n) is 4.34. The van der Waals surface area contributed by atoms with Crippen LogP contribution in [0.5, 0.6) is 0 Å². The van der Waals surface area contributed by atoms with Crippen molar-refractivity contribution in [2.75, 3.05) is 6.54 Å². The molecule has 3 nitrogen and oxygen atoms in total. The number of carbonyl (C=O) groups is 1. The van der Waals surface area contributed by atoms with E-state index < -0.39 is 23.9 Å². The summed E-state index contributed by atoms with van der Waals surface area (Å²) in [6.45, 7) is 6.26. The highest BCUT2D eigenvalue weighted by atomic mass is 19.4. The second kappa shape index (κ2) is 6.99. The number of rotatable bonds is 4. The number of hydrogen-bond donors (Lipinski definition) is 2. The van der Waals surface area contributed by atoms with E-state index in [1.165, 1.54) is 0 Å². The molecule has 1 amide bonds. The van der Waals surface area contributed by atoms with Crippen molar-refractivity contribution < 1.29 is 18.0 Å². The average molecular weight is 308 g/mol. The second-order valence-electron chi connectivity index (χ2n) is 7.04. The van der Waals surface area contributed by atoms with E-state index in [2.05, 4.69) is 5.32 Å². The lowest BCUT2D eigenvalue weighted by Gasteiger charge is -2.36. The first-order chi connectivity index (χ1) is 9.57. The summed E-state index contributed by atoms with van der Waals surface area (Å²) < 4.78 is 39.2. The molecule has 0 aliphatic heterocycles. The van der Waals surface area contributed by atoms with Crippen molar-refractivity contribution >= 4 is 5.91 Å². The monoisotopic (exact) mass is 308 g/mol. The van der Waals surface area contributed by atoms with Gasteiger partial charge in [-0.15, -0.1) is 0 Å². The van der Waals surface area contributed by atoms with Gasteiger partial charge in [0, 0.05) is 12.0 Å². The van der Waals surface area contributed by atoms with Gasteiger partial charge in [-0.2, -0.15) is 13.2 Å². The van der Waals surface area contributed by atoms with Crippen LogP contribution in [0.2, 0.25) is 0 Å². The molecule has 21 heavy (non-hydrogen) atoms. The quantitative estimate of drug-likeness (QED) is 0.837. The number of alkyl halides is 3. The molecule has 6 heteroatoms. The molecule has 0 heterocycles. The third kappa shape index (κ3) is 5.16. The summed E-state index contributed by atoms with van der Waals surface area (Å²) in [5.74, 6) is -2.93. The van der Waals surface area contributed by atoms with Gasteiger partial charge in [0.05, 0.1) is 5.92 Å². The SMILES string of the molecule is CC(C)(C)C(CCN)NC(=O)C1CCCCC1C(F)(F)F. The van der Waals surface area contributed by atoms with Gasteiger partial charge >= 0.3 is 6.18 Å². The van der Waals surface area contributed by atoms with Crippen molar-refractivity contribution in [3.8, 4) is 0 Å². The van der Waals surface area contributed by atoms with Crippen LogP contribution in [0.1, 0.15) is 52.9 Å². The maximum atomic E-state index is 13.1. The number of nitrogens with one attached hydrogen (secondary N) is 1. The van der Waals surface area contributed by atoms with Crippen molar-refractivity contribution in [3.63, 3.8) is 0 Å². The number of carbonyl (C=O) groups excluding carboxylic acids is 1. The molecule has 0 aromatic carbocycles. The van der Waals surface area contributed by atoms with Crippen molar-refractivity contribution in [1.29, 1.82) is 0 Å². The molecule has 0 bridgehead atoms. The highest BCUT2D eigenvalue weighted by Gasteiger charge is 2.48. The van der Waals surface area contributed by atoms with E-state index in [4.69, 9.17) is 5.73 Å². The van der Waals surface area contributed by atoms with Crippen molar-refractivity contribution in [2.24, 2.45) is 23.0 Å². The Morgan fingerprint density at radius 2 is 1.81 bits per heavy atom. The molecule has 1 rings (SSSR count). The molecule has 3 atom stereocenters. The molecular weight excluding hydrogens is 281 g/mol. The third-order valence-corrected chi connectivity index (χ3v) is 4.34. The van der Waals surface area contributed by atoms with Gasteiger partial charge in [-0.25, -0.2) is 0 Å². The molecular formula is C15H27F3N2O. The summed E-state index contributed by atoms with van der Waals surface area (Å²) in [4.78, 5) is 12.3. The van der Waals surface area contributed by atoms with E-state index in [1.807, 2.05) is 20.8 Å². The second-order valence-corrected chi connectivity index (χ2v) is 7.04. The van der Waals surface area contributed by atoms with E-state index in [1.54, 1.807) is 0 Å². The molecule has 0 radical (unpaired) electrons. The number of amides is 1. The minimum atomic E-state index is -4.30. The molecule has 3 N–H and O–H groups in total. The molecule has 0 aromatic heterocycles. The lowest BCUT2D eigenvalue weighted by atomic mass is 9.77. The number of nitrogens with two attached hydrogens (primary N) is 1. The normalized spacial score (nSPS) is 25.5. The van der Waals surface area contributed by atoms with Gasteiger partial charge in [0.25, 0.3) is 0 Å². The standard InChI is InChI=1S/C15H27F3N2O/c1-14(2,3)12(8-9-19)20-13(21)10-6-4-5-7-11(10)15(16,17)18/h10-12H,4-9,19H2,1-3H3,(H,20,21). The van der Waals surface area contributed by atoms with E-state index in [-0.39, 0.29) is 17.9 Å². The Hall–Kier alpha value is -0.780. The Morgan fingerprint density at radius 1 is 1.24 bits per heavy atom. The number of hydrogen-bond acceptors (Lipinski definition) is 2. The Bertz CT molecular complexity index is 350. The van der Waals surface area contributed by atoms with Crippen LogP contribution in [-0.2, 0) is 4.79 Å². The van der Waals surface area contributed by atoms with Gasteiger partial charge in [-0.3, -0.25) is 4.79 Å². The summed E-state index contributed by atoms with van der Waals surface area (Å²) >= 11 is 0. The van der Waals surface area contributed by atoms with Crippen molar-refractivity contribution in [2.45, 2.75) is 65.1 Å². The summed E-state index contributed by atoms with van der Waals surface area (Å²) in [7, 11) is 0. The van der Waals surface area contributed by atoms with Crippen LogP contribution in [0.3, 0.4) is 0 Å². The van der Waals surface area contributed by atoms with Gasteiger partial charge in [0.15, 0.2) is 0 Å². The minimum Gasteiger partial charge on any atom is -0.353 e. The van der Waals surface area contributed by atoms with Gasteiger partial charge in [-0.05, 0) is 31.2 Å². The Balaban J connectivity index is 2.79. The fourth-order valence-electron chi connectivity index (χ4n) is 3.00. The summed E-state index contributed by atoms with van der Waals surface area (Å²) in [5.41, 5.74) is 5.32. The van der Waals surface area contributed by atoms with E-state index >= 15 is 0 Å². The zero-order valence-electron chi connectivity index (χ0n) is 13.1. The fourth-order valence-corrected chi connectivity index (χ4v) is 3.00. The van der Waals surface area contributed by atoms with Crippen LogP contribution in [0.25, 0.3) is 0 Å². The number of halogens is 3. The Morgan fingerprint density at radius 3 is 2.29 bits per heavy atom. The Labute approximate surface area is 124 Å². The summed E-state index contributed by atoms with van der Waals surface area (Å²) in [6.07, 6.45) is -2.14. The predicted molar refractivity (Wildman–Crippen MR) is 76.6 cm³/mol. The van der Waals surface area contributed by atoms with Crippen LogP contribution in [-0.4, -0.2) is 24.7 Å². The topological polar surface area (TPSA) is 55.1 Å². The minimum absolute atomic E-state index is 0.0542. The highest BCUT2D eigenvalue weighted by molar-refractivity contribution is 5.79. The van der Waals surface area contributed by atoms with Gasteiger partial charge in [0.2, 0.25) is 5.91 Å². The van der Waals surface area contributed by atoms with Crippen LogP contribution in [0, 0.1) is 17.3 Å². The molecule has 124 valence electrons. The molecule has 1 aliphatic rings. The average Bonchev–Trinajstić information content (AvgIpc) is 2.36. The Kier molecular flexibility index (Phi) is 6.08. The smallest absolute Gasteiger partial charge is 0.353 e. The lowest BCUT2D eigenvalue weighted by Crippen LogP contribution is -2.50. The molecule has 0 saturated heterocycles. The van der Waals surface area contributed by atoms with Gasteiger partial charge in [0.1, 0.15) is 0 Å². The maximum absolute atomic E-state index is 13.1. The van der Waals surface area contributed by atoms with Gasteiger partial charge in [-0.1, -0.05) is 33.6 Å². The first-order valence-corrected chi connectivity index (χ1v) is 7.64. The van der Waals surface area contributed by atoms with E-state index in [9.17, 15) is 18.0 Å². The van der Waals surface area contributed by atoms with Crippen molar-refractivity contribution in [3.05, 3.63) is 0 Å². The first-order valence-electron chi connectivity index (χ1n) is 7.64. The zero-order chi connectivity index (χ0) is 16.3.